The zero-order valence-corrected chi connectivity index (χ0v) is 47.6. The highest BCUT2D eigenvalue weighted by Crippen LogP contribution is 2.15. The predicted octanol–water partition coefficient (Wildman–Crippen LogP) is 20.7. The van der Waals surface area contributed by atoms with Gasteiger partial charge < -0.3 is 14.2 Å². The average molecular weight is 1010 g/mol. The standard InChI is InChI=1S/C67H112O6/c1-4-7-10-13-16-19-21-23-25-27-29-30-31-32-33-34-35-36-38-39-41-43-45-48-51-54-57-60-66(69)72-63-64(62-71-65(68)59-56-53-50-47-18-15-12-9-6-3)73-67(70)61-58-55-52-49-46-44-42-40-37-28-26-24-22-20-17-14-11-8-5-2/h7,10,16,19,23-26,29-30,32-33,35-36,39,41,45,48,64H,4-6,8-9,11-15,17-18,20-22,27-28,31,34,37-38,40,42-44,46-47,49-63H2,1-3H3/b10-7-,19-16-,25-23-,26-24-,30-29-,33-32-,36-35-,41-39-,48-45-. The normalized spacial score (nSPS) is 12.9. The second-order valence-corrected chi connectivity index (χ2v) is 19.9. The van der Waals surface area contributed by atoms with E-state index in [-0.39, 0.29) is 31.1 Å². The first-order valence-corrected chi connectivity index (χ1v) is 30.4. The van der Waals surface area contributed by atoms with Crippen LogP contribution in [0.25, 0.3) is 0 Å². The van der Waals surface area contributed by atoms with Crippen LogP contribution < -0.4 is 0 Å². The molecule has 0 aliphatic carbocycles. The van der Waals surface area contributed by atoms with E-state index in [1.54, 1.807) is 0 Å². The molecular formula is C67H112O6. The number of ether oxygens (including phenoxy) is 3. The monoisotopic (exact) mass is 1010 g/mol. The SMILES string of the molecule is CC/C=C\C/C=C\C/C=C\C/C=C\C/C=C\C/C=C\C/C=C\C/C=C\CCCCC(=O)OCC(COC(=O)CCCCCCCCCCC)OC(=O)CCCCCCCCCCC/C=C\CCCCCCCC. The molecule has 416 valence electrons. The Morgan fingerprint density at radius 2 is 0.534 bits per heavy atom. The Bertz CT molecular complexity index is 1490. The Balaban J connectivity index is 4.35. The van der Waals surface area contributed by atoms with Crippen LogP contribution >= 0.6 is 0 Å². The third kappa shape index (κ3) is 58.8. The molecule has 1 atom stereocenters. The Morgan fingerprint density at radius 3 is 0.877 bits per heavy atom. The molecule has 0 N–H and O–H groups in total. The number of hydrogen-bond donors (Lipinski definition) is 0. The summed E-state index contributed by atoms with van der Waals surface area (Å²) in [7, 11) is 0. The molecule has 0 heterocycles. The second-order valence-electron chi connectivity index (χ2n) is 19.9. The van der Waals surface area contributed by atoms with E-state index in [2.05, 4.69) is 130 Å². The first kappa shape index (κ1) is 69.1. The van der Waals surface area contributed by atoms with E-state index < -0.39 is 6.10 Å². The number of carbonyl (C=O) groups excluding carboxylic acids is 3. The summed E-state index contributed by atoms with van der Waals surface area (Å²) in [6.45, 7) is 6.47. The molecule has 73 heavy (non-hydrogen) atoms. The molecule has 1 unspecified atom stereocenters. The number of hydrogen-bond acceptors (Lipinski definition) is 6. The lowest BCUT2D eigenvalue weighted by Gasteiger charge is -2.18. The summed E-state index contributed by atoms with van der Waals surface area (Å²) in [4.78, 5) is 38.1. The van der Waals surface area contributed by atoms with E-state index in [4.69, 9.17) is 14.2 Å². The molecule has 0 aromatic rings. The zero-order chi connectivity index (χ0) is 52.9. The third-order valence-corrected chi connectivity index (χ3v) is 12.8. The fraction of sp³-hybridized carbons (Fsp3) is 0.687. The van der Waals surface area contributed by atoms with Crippen molar-refractivity contribution in [1.82, 2.24) is 0 Å². The Labute approximate surface area is 450 Å². The fourth-order valence-corrected chi connectivity index (χ4v) is 8.22. The quantitative estimate of drug-likeness (QED) is 0.0261. The van der Waals surface area contributed by atoms with Crippen molar-refractivity contribution in [2.24, 2.45) is 0 Å². The molecule has 0 aliphatic rings. The molecule has 6 heteroatoms. The van der Waals surface area contributed by atoms with E-state index >= 15 is 0 Å². The molecule has 0 spiro atoms. The van der Waals surface area contributed by atoms with E-state index in [1.165, 1.54) is 128 Å². The lowest BCUT2D eigenvalue weighted by atomic mass is 10.1. The van der Waals surface area contributed by atoms with Gasteiger partial charge in [-0.05, 0) is 109 Å². The minimum absolute atomic E-state index is 0.0919. The molecule has 6 nitrogen and oxygen atoms in total. The van der Waals surface area contributed by atoms with Gasteiger partial charge in [0.05, 0.1) is 0 Å². The molecular weight excluding hydrogens is 901 g/mol. The highest BCUT2D eigenvalue weighted by molar-refractivity contribution is 5.71. The third-order valence-electron chi connectivity index (χ3n) is 12.8. The first-order chi connectivity index (χ1) is 36.0. The topological polar surface area (TPSA) is 78.9 Å². The van der Waals surface area contributed by atoms with Gasteiger partial charge in [-0.1, -0.05) is 259 Å². The number of rotatable bonds is 54. The van der Waals surface area contributed by atoms with Gasteiger partial charge in [-0.25, -0.2) is 0 Å². The Morgan fingerprint density at radius 1 is 0.288 bits per heavy atom. The molecule has 0 amide bonds. The maximum absolute atomic E-state index is 12.9. The highest BCUT2D eigenvalue weighted by Gasteiger charge is 2.19. The summed E-state index contributed by atoms with van der Waals surface area (Å²) in [6.07, 6.45) is 82.4. The van der Waals surface area contributed by atoms with Crippen molar-refractivity contribution < 1.29 is 28.6 Å². The Kier molecular flexibility index (Phi) is 57.4. The summed E-state index contributed by atoms with van der Waals surface area (Å²) >= 11 is 0. The summed E-state index contributed by atoms with van der Waals surface area (Å²) in [5.74, 6) is -0.939. The van der Waals surface area contributed by atoms with Crippen molar-refractivity contribution in [3.8, 4) is 0 Å². The number of allylic oxidation sites excluding steroid dienone is 18. The summed E-state index contributed by atoms with van der Waals surface area (Å²) in [5, 5.41) is 0. The number of carbonyl (C=O) groups is 3. The smallest absolute Gasteiger partial charge is 0.306 e. The molecule has 0 aromatic carbocycles. The van der Waals surface area contributed by atoms with Crippen LogP contribution in [0.1, 0.15) is 278 Å². The van der Waals surface area contributed by atoms with Crippen molar-refractivity contribution >= 4 is 17.9 Å². The van der Waals surface area contributed by atoms with E-state index in [9.17, 15) is 14.4 Å². The average Bonchev–Trinajstić information content (AvgIpc) is 3.39. The maximum atomic E-state index is 12.9. The van der Waals surface area contributed by atoms with Crippen LogP contribution in [0.2, 0.25) is 0 Å². The van der Waals surface area contributed by atoms with Crippen molar-refractivity contribution in [3.05, 3.63) is 109 Å². The molecule has 0 saturated heterocycles. The molecule has 0 aliphatic heterocycles. The lowest BCUT2D eigenvalue weighted by molar-refractivity contribution is -0.167. The van der Waals surface area contributed by atoms with Gasteiger partial charge in [-0.2, -0.15) is 0 Å². The molecule has 0 bridgehead atoms. The highest BCUT2D eigenvalue weighted by atomic mass is 16.6. The number of esters is 3. The summed E-state index contributed by atoms with van der Waals surface area (Å²) in [6, 6.07) is 0. The van der Waals surface area contributed by atoms with Gasteiger partial charge in [0.25, 0.3) is 0 Å². The van der Waals surface area contributed by atoms with Crippen molar-refractivity contribution in [1.29, 1.82) is 0 Å². The van der Waals surface area contributed by atoms with Crippen LogP contribution in [0.5, 0.6) is 0 Å². The van der Waals surface area contributed by atoms with Gasteiger partial charge in [0, 0.05) is 19.3 Å². The number of unbranched alkanes of at least 4 members (excludes halogenated alkanes) is 25. The largest absolute Gasteiger partial charge is 0.462 e. The lowest BCUT2D eigenvalue weighted by Crippen LogP contribution is -2.30. The second kappa shape index (κ2) is 60.6. The van der Waals surface area contributed by atoms with Crippen LogP contribution in [0.15, 0.2) is 109 Å². The van der Waals surface area contributed by atoms with Crippen LogP contribution in [0.3, 0.4) is 0 Å². The maximum Gasteiger partial charge on any atom is 0.306 e. The molecule has 0 rings (SSSR count). The Hall–Kier alpha value is -3.93. The first-order valence-electron chi connectivity index (χ1n) is 30.4. The van der Waals surface area contributed by atoms with Crippen LogP contribution in [-0.4, -0.2) is 37.2 Å². The minimum Gasteiger partial charge on any atom is -0.462 e. The van der Waals surface area contributed by atoms with Gasteiger partial charge in [0.2, 0.25) is 0 Å². The van der Waals surface area contributed by atoms with Crippen LogP contribution in [-0.2, 0) is 28.6 Å². The molecule has 0 saturated carbocycles. The zero-order valence-electron chi connectivity index (χ0n) is 47.6. The van der Waals surface area contributed by atoms with Crippen molar-refractivity contribution in [2.75, 3.05) is 13.2 Å². The minimum atomic E-state index is -0.797. The van der Waals surface area contributed by atoms with Gasteiger partial charge in [-0.15, -0.1) is 0 Å². The fourth-order valence-electron chi connectivity index (χ4n) is 8.22. The molecule has 0 aromatic heterocycles. The summed E-state index contributed by atoms with van der Waals surface area (Å²) in [5.41, 5.74) is 0. The van der Waals surface area contributed by atoms with Crippen LogP contribution in [0, 0.1) is 0 Å². The molecule has 0 radical (unpaired) electrons. The predicted molar refractivity (Wildman–Crippen MR) is 316 cm³/mol. The van der Waals surface area contributed by atoms with E-state index in [1.807, 2.05) is 0 Å². The van der Waals surface area contributed by atoms with Gasteiger partial charge in [-0.3, -0.25) is 14.4 Å². The van der Waals surface area contributed by atoms with Crippen LogP contribution in [0.4, 0.5) is 0 Å². The van der Waals surface area contributed by atoms with E-state index in [0.29, 0.717) is 19.3 Å². The van der Waals surface area contributed by atoms with Crippen molar-refractivity contribution in [3.63, 3.8) is 0 Å². The van der Waals surface area contributed by atoms with Gasteiger partial charge in [0.15, 0.2) is 6.10 Å². The van der Waals surface area contributed by atoms with Crippen molar-refractivity contribution in [2.45, 2.75) is 284 Å². The van der Waals surface area contributed by atoms with Gasteiger partial charge >= 0.3 is 17.9 Å². The van der Waals surface area contributed by atoms with Gasteiger partial charge in [0.1, 0.15) is 13.2 Å². The molecule has 0 fully saturated rings. The van der Waals surface area contributed by atoms with E-state index in [0.717, 1.165) is 109 Å². The summed E-state index contributed by atoms with van der Waals surface area (Å²) < 4.78 is 16.8.